The maximum atomic E-state index is 12.4. The summed E-state index contributed by atoms with van der Waals surface area (Å²) in [5.41, 5.74) is 0. The van der Waals surface area contributed by atoms with Crippen LogP contribution in [0.2, 0.25) is 0 Å². The van der Waals surface area contributed by atoms with Crippen LogP contribution in [0.5, 0.6) is 0 Å². The molecule has 0 bridgehead atoms. The zero-order valence-electron chi connectivity index (χ0n) is 48.2. The average Bonchev–Trinajstić information content (AvgIpc) is 3.37. The summed E-state index contributed by atoms with van der Waals surface area (Å²) in [6.45, 7) is 4.92. The molecule has 0 aliphatic heterocycles. The molecular formula is C65H127NO5. The van der Waals surface area contributed by atoms with Crippen LogP contribution in [-0.2, 0) is 14.3 Å². The molecule has 0 aliphatic rings. The SMILES string of the molecule is CCCCCCCCCCC/C=C/C(O)C(CO)NC(=O)CCCCCCCCCCCCCCCCCCCCCCCCCCCCCCCOC(=O)CCCCCCCCCCCCCCCC. The van der Waals surface area contributed by atoms with Crippen molar-refractivity contribution < 1.29 is 24.5 Å². The summed E-state index contributed by atoms with van der Waals surface area (Å²) < 4.78 is 5.49. The second-order valence-corrected chi connectivity index (χ2v) is 22.5. The van der Waals surface area contributed by atoms with Crippen molar-refractivity contribution in [3.63, 3.8) is 0 Å². The molecule has 0 saturated carbocycles. The molecule has 3 N–H and O–H groups in total. The van der Waals surface area contributed by atoms with Crippen molar-refractivity contribution in [2.45, 2.75) is 379 Å². The predicted octanol–water partition coefficient (Wildman–Crippen LogP) is 20.4. The Hall–Kier alpha value is -1.40. The fourth-order valence-corrected chi connectivity index (χ4v) is 10.3. The molecule has 71 heavy (non-hydrogen) atoms. The Balaban J connectivity index is 3.31. The van der Waals surface area contributed by atoms with Gasteiger partial charge in [0.15, 0.2) is 0 Å². The lowest BCUT2D eigenvalue weighted by Gasteiger charge is -2.20. The van der Waals surface area contributed by atoms with Gasteiger partial charge in [0.2, 0.25) is 5.91 Å². The van der Waals surface area contributed by atoms with Crippen LogP contribution in [0, 0.1) is 0 Å². The molecule has 0 aromatic carbocycles. The van der Waals surface area contributed by atoms with Gasteiger partial charge in [0.05, 0.1) is 25.4 Å². The standard InChI is InChI=1S/C65H127NO5/c1-3-5-7-9-11-13-15-16-35-39-43-47-51-55-59-65(70)71-60-56-52-48-44-40-36-33-31-29-27-25-23-21-19-17-18-20-22-24-26-28-30-32-34-38-42-46-50-54-58-64(69)66-62(61-67)63(68)57-53-49-45-41-37-14-12-10-8-6-4-2/h53,57,62-63,67-68H,3-52,54-56,58-61H2,1-2H3,(H,66,69)/b57-53+. The van der Waals surface area contributed by atoms with Crippen molar-refractivity contribution in [3.8, 4) is 0 Å². The van der Waals surface area contributed by atoms with E-state index >= 15 is 0 Å². The molecule has 1 amide bonds. The van der Waals surface area contributed by atoms with Crippen LogP contribution in [0.1, 0.15) is 367 Å². The minimum absolute atomic E-state index is 0.0219. The molecule has 0 saturated heterocycles. The summed E-state index contributed by atoms with van der Waals surface area (Å²) in [6.07, 6.45) is 74.2. The van der Waals surface area contributed by atoms with Crippen molar-refractivity contribution in [1.29, 1.82) is 0 Å². The van der Waals surface area contributed by atoms with Crippen LogP contribution in [0.4, 0.5) is 0 Å². The van der Waals surface area contributed by atoms with E-state index in [1.54, 1.807) is 6.08 Å². The fraction of sp³-hybridized carbons (Fsp3) is 0.938. The molecule has 2 unspecified atom stereocenters. The summed E-state index contributed by atoms with van der Waals surface area (Å²) in [4.78, 5) is 24.5. The maximum Gasteiger partial charge on any atom is 0.305 e. The van der Waals surface area contributed by atoms with E-state index in [1.165, 1.54) is 302 Å². The highest BCUT2D eigenvalue weighted by Crippen LogP contribution is 2.18. The van der Waals surface area contributed by atoms with E-state index in [0.717, 1.165) is 38.5 Å². The third kappa shape index (κ3) is 57.7. The second kappa shape index (κ2) is 61.1. The van der Waals surface area contributed by atoms with Crippen LogP contribution in [0.25, 0.3) is 0 Å². The Morgan fingerprint density at radius 1 is 0.380 bits per heavy atom. The van der Waals surface area contributed by atoms with Gasteiger partial charge in [-0.25, -0.2) is 0 Å². The van der Waals surface area contributed by atoms with E-state index in [-0.39, 0.29) is 18.5 Å². The Bertz CT molecular complexity index is 1060. The first kappa shape index (κ1) is 69.6. The lowest BCUT2D eigenvalue weighted by Crippen LogP contribution is -2.45. The predicted molar refractivity (Wildman–Crippen MR) is 310 cm³/mol. The Morgan fingerprint density at radius 3 is 0.958 bits per heavy atom. The average molecular weight is 1000 g/mol. The number of unbranched alkanes of at least 4 members (excludes halogenated alkanes) is 50. The lowest BCUT2D eigenvalue weighted by molar-refractivity contribution is -0.143. The van der Waals surface area contributed by atoms with E-state index in [1.807, 2.05) is 6.08 Å². The molecule has 0 heterocycles. The van der Waals surface area contributed by atoms with E-state index in [2.05, 4.69) is 19.2 Å². The lowest BCUT2D eigenvalue weighted by atomic mass is 10.0. The van der Waals surface area contributed by atoms with Crippen LogP contribution in [-0.4, -0.2) is 47.4 Å². The third-order valence-corrected chi connectivity index (χ3v) is 15.3. The number of rotatable bonds is 61. The summed E-state index contributed by atoms with van der Waals surface area (Å²) >= 11 is 0. The van der Waals surface area contributed by atoms with Crippen LogP contribution in [0.15, 0.2) is 12.2 Å². The van der Waals surface area contributed by atoms with Gasteiger partial charge >= 0.3 is 5.97 Å². The molecule has 0 radical (unpaired) electrons. The quantitative estimate of drug-likeness (QED) is 0.0320. The molecule has 6 heteroatoms. The van der Waals surface area contributed by atoms with Crippen LogP contribution >= 0.6 is 0 Å². The number of hydrogen-bond acceptors (Lipinski definition) is 5. The summed E-state index contributed by atoms with van der Waals surface area (Å²) in [6, 6.07) is -0.623. The smallest absolute Gasteiger partial charge is 0.305 e. The number of carbonyl (C=O) groups is 2. The van der Waals surface area contributed by atoms with Crippen molar-refractivity contribution in [2.75, 3.05) is 13.2 Å². The van der Waals surface area contributed by atoms with Gasteiger partial charge in [0.1, 0.15) is 0 Å². The minimum Gasteiger partial charge on any atom is -0.466 e. The van der Waals surface area contributed by atoms with E-state index in [9.17, 15) is 19.8 Å². The first-order valence-corrected chi connectivity index (χ1v) is 32.5. The number of nitrogens with one attached hydrogen (secondary N) is 1. The van der Waals surface area contributed by atoms with Crippen molar-refractivity contribution in [3.05, 3.63) is 12.2 Å². The fourth-order valence-electron chi connectivity index (χ4n) is 10.3. The van der Waals surface area contributed by atoms with E-state index in [4.69, 9.17) is 4.74 Å². The molecule has 0 aliphatic carbocycles. The Labute approximate surface area is 444 Å². The van der Waals surface area contributed by atoms with E-state index in [0.29, 0.717) is 19.4 Å². The van der Waals surface area contributed by atoms with Gasteiger partial charge in [-0.1, -0.05) is 334 Å². The van der Waals surface area contributed by atoms with Gasteiger partial charge in [0.25, 0.3) is 0 Å². The number of aliphatic hydroxyl groups excluding tert-OH is 2. The number of carbonyl (C=O) groups excluding carboxylic acids is 2. The summed E-state index contributed by atoms with van der Waals surface area (Å²) in [7, 11) is 0. The van der Waals surface area contributed by atoms with Gasteiger partial charge in [0, 0.05) is 12.8 Å². The van der Waals surface area contributed by atoms with Gasteiger partial charge in [-0.3, -0.25) is 9.59 Å². The molecule has 0 aromatic heterocycles. The highest BCUT2D eigenvalue weighted by atomic mass is 16.5. The zero-order chi connectivity index (χ0) is 51.4. The van der Waals surface area contributed by atoms with Gasteiger partial charge in [-0.15, -0.1) is 0 Å². The molecule has 0 aromatic rings. The van der Waals surface area contributed by atoms with E-state index < -0.39 is 12.1 Å². The van der Waals surface area contributed by atoms with Crippen molar-refractivity contribution >= 4 is 11.9 Å². The zero-order valence-corrected chi connectivity index (χ0v) is 48.2. The van der Waals surface area contributed by atoms with Gasteiger partial charge in [-0.2, -0.15) is 0 Å². The Kier molecular flexibility index (Phi) is 59.9. The van der Waals surface area contributed by atoms with Gasteiger partial charge < -0.3 is 20.3 Å². The third-order valence-electron chi connectivity index (χ3n) is 15.3. The molecule has 2 atom stereocenters. The number of aliphatic hydroxyl groups is 2. The van der Waals surface area contributed by atoms with Gasteiger partial charge in [-0.05, 0) is 32.1 Å². The maximum absolute atomic E-state index is 12.4. The molecule has 0 spiro atoms. The molecule has 0 rings (SSSR count). The molecular weight excluding hydrogens is 875 g/mol. The molecule has 422 valence electrons. The minimum atomic E-state index is -0.839. The first-order valence-electron chi connectivity index (χ1n) is 32.5. The molecule has 6 nitrogen and oxygen atoms in total. The van der Waals surface area contributed by atoms with Crippen molar-refractivity contribution in [1.82, 2.24) is 5.32 Å². The molecule has 0 fully saturated rings. The second-order valence-electron chi connectivity index (χ2n) is 22.5. The monoisotopic (exact) mass is 1000 g/mol. The number of hydrogen-bond donors (Lipinski definition) is 3. The Morgan fingerprint density at radius 2 is 0.648 bits per heavy atom. The number of esters is 1. The number of ether oxygens (including phenoxy) is 1. The summed E-state index contributed by atoms with van der Waals surface area (Å²) in [5, 5.41) is 23.0. The largest absolute Gasteiger partial charge is 0.466 e. The highest BCUT2D eigenvalue weighted by molar-refractivity contribution is 5.76. The number of allylic oxidation sites excluding steroid dienone is 1. The van der Waals surface area contributed by atoms with Crippen LogP contribution < -0.4 is 5.32 Å². The first-order chi connectivity index (χ1) is 35.0. The normalized spacial score (nSPS) is 12.6. The summed E-state index contributed by atoms with van der Waals surface area (Å²) in [5.74, 6) is -0.0420. The highest BCUT2D eigenvalue weighted by Gasteiger charge is 2.18. The van der Waals surface area contributed by atoms with Crippen molar-refractivity contribution in [2.24, 2.45) is 0 Å². The van der Waals surface area contributed by atoms with Crippen LogP contribution in [0.3, 0.4) is 0 Å². The number of amides is 1. The topological polar surface area (TPSA) is 95.9 Å².